The van der Waals surface area contributed by atoms with Crippen molar-refractivity contribution in [2.45, 2.75) is 19.9 Å². The van der Waals surface area contributed by atoms with E-state index in [1.54, 1.807) is 4.57 Å². The molecule has 30 heavy (non-hydrogen) atoms. The smallest absolute Gasteiger partial charge is 0.294 e. The third-order valence-corrected chi connectivity index (χ3v) is 5.31. The van der Waals surface area contributed by atoms with Crippen LogP contribution in [-0.4, -0.2) is 46.5 Å². The van der Waals surface area contributed by atoms with Crippen molar-refractivity contribution in [3.63, 3.8) is 0 Å². The number of aromatic nitrogens is 2. The van der Waals surface area contributed by atoms with Gasteiger partial charge >= 0.3 is 0 Å². The van der Waals surface area contributed by atoms with Crippen molar-refractivity contribution < 1.29 is 13.6 Å². The highest BCUT2D eigenvalue weighted by molar-refractivity contribution is 5.94. The number of carbonyl (C=O) groups is 1. The van der Waals surface area contributed by atoms with Gasteiger partial charge in [-0.3, -0.25) is 9.59 Å². The second kappa shape index (κ2) is 8.22. The molecule has 4 rings (SSSR count). The van der Waals surface area contributed by atoms with E-state index in [4.69, 9.17) is 0 Å². The normalized spacial score (nSPS) is 14.4. The van der Waals surface area contributed by atoms with Crippen LogP contribution in [-0.2, 0) is 6.54 Å². The number of aryl methyl sites for hydroxylation is 1. The average Bonchev–Trinajstić information content (AvgIpc) is 2.77. The minimum absolute atomic E-state index is 0.161. The number of hydrogen-bond donors (Lipinski definition) is 0. The van der Waals surface area contributed by atoms with Crippen LogP contribution >= 0.6 is 0 Å². The Morgan fingerprint density at radius 1 is 1.07 bits per heavy atom. The fourth-order valence-electron chi connectivity index (χ4n) is 3.78. The number of para-hydroxylation sites is 2. The Kier molecular flexibility index (Phi) is 5.48. The second-order valence-electron chi connectivity index (χ2n) is 7.28. The summed E-state index contributed by atoms with van der Waals surface area (Å²) < 4.78 is 29.1. The summed E-state index contributed by atoms with van der Waals surface area (Å²) in [6.45, 7) is 3.95. The Bertz CT molecular complexity index is 1150. The van der Waals surface area contributed by atoms with Crippen LogP contribution in [0.3, 0.4) is 0 Å². The number of anilines is 1. The second-order valence-corrected chi connectivity index (χ2v) is 7.28. The third kappa shape index (κ3) is 3.65. The van der Waals surface area contributed by atoms with E-state index in [0.29, 0.717) is 25.5 Å². The van der Waals surface area contributed by atoms with Crippen LogP contribution in [0.4, 0.5) is 14.6 Å². The number of fused-ring (bicyclic) bond motifs is 1. The highest BCUT2D eigenvalue weighted by Crippen LogP contribution is 2.18. The van der Waals surface area contributed by atoms with Gasteiger partial charge in [0.2, 0.25) is 0 Å². The number of nitrogens with zero attached hydrogens (tertiary/aromatic N) is 4. The molecule has 2 aromatic carbocycles. The van der Waals surface area contributed by atoms with Gasteiger partial charge in [-0.05, 0) is 36.8 Å². The summed E-state index contributed by atoms with van der Waals surface area (Å²) in [7, 11) is 0. The molecule has 1 amide bonds. The molecule has 156 valence electrons. The Labute approximate surface area is 172 Å². The molecule has 0 bridgehead atoms. The molecule has 1 aromatic heterocycles. The maximum atomic E-state index is 14.0. The highest BCUT2D eigenvalue weighted by atomic mass is 19.1. The van der Waals surface area contributed by atoms with Crippen molar-refractivity contribution in [2.24, 2.45) is 0 Å². The molecule has 0 radical (unpaired) electrons. The van der Waals surface area contributed by atoms with Crippen LogP contribution in [0.15, 0.2) is 47.3 Å². The van der Waals surface area contributed by atoms with Gasteiger partial charge in [-0.2, -0.15) is 0 Å². The summed E-state index contributed by atoms with van der Waals surface area (Å²) in [5, 5.41) is 0. The summed E-state index contributed by atoms with van der Waals surface area (Å²) in [6.07, 6.45) is 0.814. The first-order valence-corrected chi connectivity index (χ1v) is 9.98. The zero-order chi connectivity index (χ0) is 21.3. The van der Waals surface area contributed by atoms with Crippen molar-refractivity contribution in [3.8, 4) is 0 Å². The highest BCUT2D eigenvalue weighted by Gasteiger charge is 2.27. The first-order valence-electron chi connectivity index (χ1n) is 9.98. The van der Waals surface area contributed by atoms with Gasteiger partial charge in [-0.25, -0.2) is 13.8 Å². The number of rotatable bonds is 4. The van der Waals surface area contributed by atoms with Gasteiger partial charge in [-0.15, -0.1) is 0 Å². The van der Waals surface area contributed by atoms with Gasteiger partial charge in [-0.1, -0.05) is 19.1 Å². The van der Waals surface area contributed by atoms with E-state index in [9.17, 15) is 18.4 Å². The molecule has 0 spiro atoms. The first kappa shape index (κ1) is 20.0. The van der Waals surface area contributed by atoms with Crippen LogP contribution < -0.4 is 10.5 Å². The Hall–Kier alpha value is -3.29. The maximum Gasteiger partial charge on any atom is 0.294 e. The Balaban J connectivity index is 1.58. The van der Waals surface area contributed by atoms with Crippen LogP contribution in [0.5, 0.6) is 0 Å². The standard InChI is InChI=1S/C22H22F2N4O2/c1-2-9-28-19-6-4-3-5-18(19)25-20(22(28)30)26-10-12-27(13-11-26)21(29)16-14-15(23)7-8-17(16)24/h3-8,14H,2,9-13H2,1H3. The number of hydrogen-bond acceptors (Lipinski definition) is 4. The van der Waals surface area contributed by atoms with E-state index in [0.717, 1.165) is 35.7 Å². The number of halogens is 2. The van der Waals surface area contributed by atoms with Crippen molar-refractivity contribution in [3.05, 3.63) is 70.0 Å². The molecule has 0 unspecified atom stereocenters. The van der Waals surface area contributed by atoms with Crippen molar-refractivity contribution in [1.29, 1.82) is 0 Å². The van der Waals surface area contributed by atoms with Gasteiger partial charge in [0.15, 0.2) is 5.82 Å². The summed E-state index contributed by atoms with van der Waals surface area (Å²) in [6, 6.07) is 10.4. The Morgan fingerprint density at radius 3 is 2.53 bits per heavy atom. The first-order chi connectivity index (χ1) is 14.5. The number of amides is 1. The molecule has 6 nitrogen and oxygen atoms in total. The summed E-state index contributed by atoms with van der Waals surface area (Å²) >= 11 is 0. The third-order valence-electron chi connectivity index (χ3n) is 5.31. The van der Waals surface area contributed by atoms with Crippen LogP contribution in [0.2, 0.25) is 0 Å². The molecule has 8 heteroatoms. The van der Waals surface area contributed by atoms with Gasteiger partial charge in [0.1, 0.15) is 11.6 Å². The van der Waals surface area contributed by atoms with Gasteiger partial charge in [0.25, 0.3) is 11.5 Å². The fraction of sp³-hybridized carbons (Fsp3) is 0.318. The summed E-state index contributed by atoms with van der Waals surface area (Å²) in [4.78, 5) is 33.6. The molecule has 1 saturated heterocycles. The molecule has 1 fully saturated rings. The van der Waals surface area contributed by atoms with Crippen LogP contribution in [0.25, 0.3) is 11.0 Å². The molecule has 2 heterocycles. The van der Waals surface area contributed by atoms with Crippen molar-refractivity contribution >= 4 is 22.8 Å². The largest absolute Gasteiger partial charge is 0.348 e. The molecule has 0 saturated carbocycles. The molecule has 0 atom stereocenters. The molecule has 0 N–H and O–H groups in total. The van der Waals surface area contributed by atoms with Gasteiger partial charge in [0.05, 0.1) is 16.6 Å². The summed E-state index contributed by atoms with van der Waals surface area (Å²) in [5.41, 5.74) is 1.09. The number of piperazine rings is 1. The zero-order valence-electron chi connectivity index (χ0n) is 16.6. The lowest BCUT2D eigenvalue weighted by atomic mass is 10.1. The van der Waals surface area contributed by atoms with E-state index < -0.39 is 17.5 Å². The van der Waals surface area contributed by atoms with Gasteiger partial charge in [0, 0.05) is 32.7 Å². The molecular weight excluding hydrogens is 390 g/mol. The lowest BCUT2D eigenvalue weighted by Gasteiger charge is -2.35. The maximum absolute atomic E-state index is 14.0. The average molecular weight is 412 g/mol. The SMILES string of the molecule is CCCn1c(=O)c(N2CCN(C(=O)c3cc(F)ccc3F)CC2)nc2ccccc21. The summed E-state index contributed by atoms with van der Waals surface area (Å²) in [5.74, 6) is -1.61. The topological polar surface area (TPSA) is 58.4 Å². The van der Waals surface area contributed by atoms with E-state index >= 15 is 0 Å². The monoisotopic (exact) mass is 412 g/mol. The van der Waals surface area contributed by atoms with Crippen molar-refractivity contribution in [1.82, 2.24) is 14.5 Å². The molecular formula is C22H22F2N4O2. The van der Waals surface area contributed by atoms with Crippen LogP contribution in [0.1, 0.15) is 23.7 Å². The predicted octanol–water partition coefficient (Wildman–Crippen LogP) is 3.05. The van der Waals surface area contributed by atoms with E-state index in [-0.39, 0.29) is 24.2 Å². The fourth-order valence-corrected chi connectivity index (χ4v) is 3.78. The molecule has 1 aliphatic heterocycles. The lowest BCUT2D eigenvalue weighted by molar-refractivity contribution is 0.0741. The van der Waals surface area contributed by atoms with E-state index in [1.807, 2.05) is 36.1 Å². The predicted molar refractivity (Wildman–Crippen MR) is 111 cm³/mol. The lowest BCUT2D eigenvalue weighted by Crippen LogP contribution is -2.50. The van der Waals surface area contributed by atoms with Gasteiger partial charge < -0.3 is 14.4 Å². The number of carbonyl (C=O) groups excluding carboxylic acids is 1. The molecule has 3 aromatic rings. The minimum atomic E-state index is -0.748. The quantitative estimate of drug-likeness (QED) is 0.661. The number of benzene rings is 2. The van der Waals surface area contributed by atoms with E-state index in [1.165, 1.54) is 4.90 Å². The molecule has 0 aliphatic carbocycles. The van der Waals surface area contributed by atoms with Crippen molar-refractivity contribution in [2.75, 3.05) is 31.1 Å². The van der Waals surface area contributed by atoms with E-state index in [2.05, 4.69) is 4.98 Å². The molecule has 1 aliphatic rings. The zero-order valence-corrected chi connectivity index (χ0v) is 16.6. The minimum Gasteiger partial charge on any atom is -0.348 e. The van der Waals surface area contributed by atoms with Crippen LogP contribution in [0, 0.1) is 11.6 Å². The Morgan fingerprint density at radius 2 is 1.80 bits per heavy atom.